The van der Waals surface area contributed by atoms with Crippen molar-refractivity contribution in [1.29, 1.82) is 0 Å². The van der Waals surface area contributed by atoms with Gasteiger partial charge in [-0.1, -0.05) is 58.9 Å². The first-order chi connectivity index (χ1) is 15.0. The number of benzene rings is 2. The molecule has 2 heterocycles. The molecule has 0 unspecified atom stereocenters. The highest BCUT2D eigenvalue weighted by molar-refractivity contribution is 8.00. The minimum atomic E-state index is -0.0961. The number of thioether (sulfide) groups is 1. The van der Waals surface area contributed by atoms with Gasteiger partial charge in [0.1, 0.15) is 5.03 Å². The van der Waals surface area contributed by atoms with Crippen molar-refractivity contribution >= 4 is 23.4 Å². The molecule has 6 nitrogen and oxygen atoms in total. The summed E-state index contributed by atoms with van der Waals surface area (Å²) in [5, 5.41) is 7.74. The van der Waals surface area contributed by atoms with E-state index < -0.39 is 0 Å². The fourth-order valence-electron chi connectivity index (χ4n) is 3.01. The van der Waals surface area contributed by atoms with Crippen LogP contribution in [0.5, 0.6) is 0 Å². The Balaban J connectivity index is 1.48. The van der Waals surface area contributed by atoms with Gasteiger partial charge in [0.15, 0.2) is 0 Å². The Morgan fingerprint density at radius 3 is 2.61 bits per heavy atom. The van der Waals surface area contributed by atoms with Crippen LogP contribution in [-0.4, -0.2) is 26.8 Å². The lowest BCUT2D eigenvalue weighted by Crippen LogP contribution is -2.15. The molecule has 0 aliphatic carbocycles. The van der Waals surface area contributed by atoms with Gasteiger partial charge in [-0.05, 0) is 50.1 Å². The summed E-state index contributed by atoms with van der Waals surface area (Å²) in [5.41, 5.74) is 5.70. The Labute approximate surface area is 185 Å². The maximum absolute atomic E-state index is 12.5. The third-order valence-electron chi connectivity index (χ3n) is 4.74. The van der Waals surface area contributed by atoms with E-state index in [9.17, 15) is 4.79 Å². The number of aryl methyl sites for hydroxylation is 3. The maximum Gasteiger partial charge on any atom is 0.260 e. The zero-order valence-corrected chi connectivity index (χ0v) is 18.4. The number of hydrogen-bond acceptors (Lipinski definition) is 6. The van der Waals surface area contributed by atoms with Gasteiger partial charge in [-0.25, -0.2) is 4.98 Å². The van der Waals surface area contributed by atoms with Crippen LogP contribution in [0.3, 0.4) is 0 Å². The molecule has 0 fully saturated rings. The predicted octanol–water partition coefficient (Wildman–Crippen LogP) is 5.45. The lowest BCUT2D eigenvalue weighted by Gasteiger charge is -2.09. The van der Waals surface area contributed by atoms with Crippen LogP contribution in [0.2, 0.25) is 0 Å². The predicted molar refractivity (Wildman–Crippen MR) is 123 cm³/mol. The van der Waals surface area contributed by atoms with E-state index in [0.717, 1.165) is 27.9 Å². The summed E-state index contributed by atoms with van der Waals surface area (Å²) in [4.78, 5) is 21.4. The quantitative estimate of drug-likeness (QED) is 0.409. The molecular weight excluding hydrogens is 408 g/mol. The van der Waals surface area contributed by atoms with Crippen LogP contribution in [0.1, 0.15) is 16.7 Å². The van der Waals surface area contributed by atoms with Crippen molar-refractivity contribution in [2.45, 2.75) is 25.8 Å². The van der Waals surface area contributed by atoms with Gasteiger partial charge < -0.3 is 9.84 Å². The second kappa shape index (κ2) is 9.14. The summed E-state index contributed by atoms with van der Waals surface area (Å²) in [6, 6.07) is 17.6. The molecule has 2 aromatic carbocycles. The molecule has 0 atom stereocenters. The summed E-state index contributed by atoms with van der Waals surface area (Å²) in [7, 11) is 0. The summed E-state index contributed by atoms with van der Waals surface area (Å²) < 4.78 is 5.49. The summed E-state index contributed by atoms with van der Waals surface area (Å²) in [5.74, 6) is 1.01. The van der Waals surface area contributed by atoms with E-state index in [2.05, 4.69) is 20.4 Å². The summed E-state index contributed by atoms with van der Waals surface area (Å²) in [6.07, 6.45) is 1.69. The Bertz CT molecular complexity index is 1220. The van der Waals surface area contributed by atoms with Crippen molar-refractivity contribution in [2.75, 3.05) is 11.1 Å². The van der Waals surface area contributed by atoms with E-state index in [1.165, 1.54) is 11.8 Å². The van der Waals surface area contributed by atoms with Crippen LogP contribution >= 0.6 is 11.8 Å². The van der Waals surface area contributed by atoms with E-state index >= 15 is 0 Å². The Morgan fingerprint density at radius 2 is 1.81 bits per heavy atom. The number of amides is 1. The lowest BCUT2D eigenvalue weighted by molar-refractivity contribution is -0.113. The Kier molecular flexibility index (Phi) is 6.13. The second-order valence-corrected chi connectivity index (χ2v) is 8.26. The molecule has 7 heteroatoms. The zero-order chi connectivity index (χ0) is 21.8. The third-order valence-corrected chi connectivity index (χ3v) is 5.75. The highest BCUT2D eigenvalue weighted by Gasteiger charge is 2.16. The van der Waals surface area contributed by atoms with Gasteiger partial charge in [0.25, 0.3) is 5.89 Å². The molecule has 4 rings (SSSR count). The van der Waals surface area contributed by atoms with Gasteiger partial charge in [0.2, 0.25) is 11.7 Å². The monoisotopic (exact) mass is 430 g/mol. The molecule has 1 amide bonds. The van der Waals surface area contributed by atoms with Crippen molar-refractivity contribution in [3.63, 3.8) is 0 Å². The first kappa shape index (κ1) is 20.8. The number of carbonyl (C=O) groups is 1. The number of aromatic nitrogens is 3. The normalized spacial score (nSPS) is 10.8. The van der Waals surface area contributed by atoms with Crippen LogP contribution in [-0.2, 0) is 4.79 Å². The van der Waals surface area contributed by atoms with Crippen molar-refractivity contribution in [2.24, 2.45) is 0 Å². The number of rotatable bonds is 6. The molecule has 0 radical (unpaired) electrons. The maximum atomic E-state index is 12.5. The fourth-order valence-corrected chi connectivity index (χ4v) is 3.80. The van der Waals surface area contributed by atoms with E-state index in [1.54, 1.807) is 6.20 Å². The summed E-state index contributed by atoms with van der Waals surface area (Å²) in [6.45, 7) is 6.00. The van der Waals surface area contributed by atoms with Gasteiger partial charge in [-0.15, -0.1) is 0 Å². The van der Waals surface area contributed by atoms with Gasteiger partial charge in [-0.2, -0.15) is 4.98 Å². The smallest absolute Gasteiger partial charge is 0.260 e. The number of carbonyl (C=O) groups excluding carboxylic acids is 1. The number of nitrogens with zero attached hydrogens (tertiary/aromatic N) is 3. The first-order valence-corrected chi connectivity index (χ1v) is 10.8. The average Bonchev–Trinajstić information content (AvgIpc) is 3.26. The van der Waals surface area contributed by atoms with E-state index in [4.69, 9.17) is 4.52 Å². The van der Waals surface area contributed by atoms with Crippen LogP contribution in [0.15, 0.2) is 70.3 Å². The van der Waals surface area contributed by atoms with E-state index in [-0.39, 0.29) is 11.7 Å². The van der Waals surface area contributed by atoms with Crippen molar-refractivity contribution in [3.8, 4) is 22.8 Å². The minimum absolute atomic E-state index is 0.0961. The van der Waals surface area contributed by atoms with Gasteiger partial charge in [0, 0.05) is 17.4 Å². The molecule has 0 aliphatic heterocycles. The molecule has 0 saturated carbocycles. The largest absolute Gasteiger partial charge is 0.334 e. The number of hydrogen-bond donors (Lipinski definition) is 1. The SMILES string of the molecule is Cc1ccc(-c2noc(-c3cccnc3SCC(=O)Nc3cc(C)ccc3C)n2)cc1. The van der Waals surface area contributed by atoms with Crippen LogP contribution < -0.4 is 5.32 Å². The Hall–Kier alpha value is -3.45. The highest BCUT2D eigenvalue weighted by atomic mass is 32.2. The van der Waals surface area contributed by atoms with Crippen molar-refractivity contribution in [1.82, 2.24) is 15.1 Å². The van der Waals surface area contributed by atoms with Crippen molar-refractivity contribution in [3.05, 3.63) is 77.5 Å². The molecule has 31 heavy (non-hydrogen) atoms. The van der Waals surface area contributed by atoms with Crippen LogP contribution in [0, 0.1) is 20.8 Å². The number of pyridine rings is 1. The fraction of sp³-hybridized carbons (Fsp3) is 0.167. The summed E-state index contributed by atoms with van der Waals surface area (Å²) >= 11 is 1.34. The average molecular weight is 431 g/mol. The topological polar surface area (TPSA) is 80.9 Å². The highest BCUT2D eigenvalue weighted by Crippen LogP contribution is 2.30. The molecule has 0 bridgehead atoms. The molecular formula is C24H22N4O2S. The molecule has 156 valence electrons. The molecule has 0 aliphatic rings. The Morgan fingerprint density at radius 1 is 1.03 bits per heavy atom. The van der Waals surface area contributed by atoms with Gasteiger partial charge in [0.05, 0.1) is 11.3 Å². The van der Waals surface area contributed by atoms with E-state index in [0.29, 0.717) is 22.3 Å². The number of anilines is 1. The minimum Gasteiger partial charge on any atom is -0.334 e. The molecule has 1 N–H and O–H groups in total. The zero-order valence-electron chi connectivity index (χ0n) is 17.5. The number of nitrogens with one attached hydrogen (secondary N) is 1. The lowest BCUT2D eigenvalue weighted by atomic mass is 10.1. The van der Waals surface area contributed by atoms with Gasteiger partial charge >= 0.3 is 0 Å². The van der Waals surface area contributed by atoms with E-state index in [1.807, 2.05) is 75.4 Å². The van der Waals surface area contributed by atoms with Gasteiger partial charge in [-0.3, -0.25) is 4.79 Å². The molecule has 4 aromatic rings. The first-order valence-electron chi connectivity index (χ1n) is 9.85. The molecule has 2 aromatic heterocycles. The second-order valence-electron chi connectivity index (χ2n) is 7.30. The van der Waals surface area contributed by atoms with Crippen molar-refractivity contribution < 1.29 is 9.32 Å². The molecule has 0 saturated heterocycles. The van der Waals surface area contributed by atoms with Crippen LogP contribution in [0.25, 0.3) is 22.8 Å². The van der Waals surface area contributed by atoms with Crippen LogP contribution in [0.4, 0.5) is 5.69 Å². The molecule has 0 spiro atoms. The third kappa shape index (κ3) is 5.00. The standard InChI is InChI=1S/C24H22N4O2S/c1-15-7-10-18(11-8-15)22-27-23(30-28-22)19-5-4-12-25-24(19)31-14-21(29)26-20-13-16(2)6-9-17(20)3/h4-13H,14H2,1-3H3,(H,26,29).